The number of likely N-dealkylation sites (N-methyl/N-ethyl adjacent to an activating group) is 1. The van der Waals surface area contributed by atoms with Gasteiger partial charge >= 0.3 is 0 Å². The van der Waals surface area contributed by atoms with Crippen molar-refractivity contribution in [1.29, 1.82) is 0 Å². The molecule has 2 atom stereocenters. The van der Waals surface area contributed by atoms with E-state index in [1.54, 1.807) is 6.20 Å². The van der Waals surface area contributed by atoms with Gasteiger partial charge < -0.3 is 10.1 Å². The maximum atomic E-state index is 6.29. The Morgan fingerprint density at radius 3 is 2.95 bits per heavy atom. The first-order valence-corrected chi connectivity index (χ1v) is 7.23. The van der Waals surface area contributed by atoms with Crippen LogP contribution in [0, 0.1) is 0 Å². The van der Waals surface area contributed by atoms with E-state index in [9.17, 15) is 0 Å². The van der Waals surface area contributed by atoms with Crippen molar-refractivity contribution in [2.24, 2.45) is 7.05 Å². The second kappa shape index (κ2) is 5.46. The summed E-state index contributed by atoms with van der Waals surface area (Å²) in [5.41, 5.74) is 2.23. The molecule has 1 aromatic carbocycles. The Kier molecular flexibility index (Phi) is 3.68. The van der Waals surface area contributed by atoms with Crippen LogP contribution < -0.4 is 10.1 Å². The van der Waals surface area contributed by atoms with Crippen molar-refractivity contribution in [3.8, 4) is 5.75 Å². The molecule has 106 valence electrons. The second-order valence-corrected chi connectivity index (χ2v) is 5.41. The highest BCUT2D eigenvalue weighted by atomic mass is 35.5. The lowest BCUT2D eigenvalue weighted by atomic mass is 10.0. The van der Waals surface area contributed by atoms with Crippen LogP contribution in [0.2, 0.25) is 5.02 Å². The van der Waals surface area contributed by atoms with E-state index in [4.69, 9.17) is 16.3 Å². The second-order valence-electron chi connectivity index (χ2n) is 5.00. The third-order valence-corrected chi connectivity index (χ3v) is 3.99. The average Bonchev–Trinajstić information content (AvgIpc) is 3.01. The van der Waals surface area contributed by atoms with Gasteiger partial charge in [0.05, 0.1) is 23.0 Å². The van der Waals surface area contributed by atoms with E-state index in [2.05, 4.69) is 23.4 Å². The Hall–Kier alpha value is -1.52. The van der Waals surface area contributed by atoms with E-state index in [1.807, 2.05) is 29.9 Å². The molecule has 0 saturated carbocycles. The smallest absolute Gasteiger partial charge is 0.124 e. The fourth-order valence-corrected chi connectivity index (χ4v) is 3.07. The molecule has 1 aromatic heterocycles. The van der Waals surface area contributed by atoms with E-state index in [1.165, 1.54) is 5.56 Å². The molecule has 2 aromatic rings. The Morgan fingerprint density at radius 2 is 2.30 bits per heavy atom. The van der Waals surface area contributed by atoms with Crippen molar-refractivity contribution in [2.45, 2.75) is 25.5 Å². The molecule has 0 aliphatic carbocycles. The lowest BCUT2D eigenvalue weighted by molar-refractivity contribution is 0.175. The zero-order chi connectivity index (χ0) is 14.1. The zero-order valence-electron chi connectivity index (χ0n) is 11.6. The normalized spacial score (nSPS) is 18.6. The van der Waals surface area contributed by atoms with Crippen LogP contribution in [0.25, 0.3) is 0 Å². The molecule has 0 radical (unpaired) electrons. The van der Waals surface area contributed by atoms with Gasteiger partial charge in [0.15, 0.2) is 0 Å². The van der Waals surface area contributed by atoms with Crippen molar-refractivity contribution in [2.75, 3.05) is 6.54 Å². The third-order valence-electron chi connectivity index (χ3n) is 3.70. The molecule has 0 bridgehead atoms. The summed E-state index contributed by atoms with van der Waals surface area (Å²) in [5.74, 6) is 0.971. The van der Waals surface area contributed by atoms with Crippen LogP contribution in [0.4, 0.5) is 0 Å². The molecule has 20 heavy (non-hydrogen) atoms. The number of nitrogens with one attached hydrogen (secondary N) is 1. The average molecular weight is 292 g/mol. The highest BCUT2D eigenvalue weighted by Gasteiger charge is 2.33. The quantitative estimate of drug-likeness (QED) is 0.941. The Morgan fingerprint density at radius 1 is 1.50 bits per heavy atom. The molecule has 3 rings (SSSR count). The number of halogens is 1. The van der Waals surface area contributed by atoms with Crippen LogP contribution in [-0.2, 0) is 13.5 Å². The number of hydrogen-bond donors (Lipinski definition) is 1. The lowest BCUT2D eigenvalue weighted by Gasteiger charge is -2.24. The first-order valence-electron chi connectivity index (χ1n) is 6.86. The Bertz CT molecular complexity index is 566. The van der Waals surface area contributed by atoms with Crippen LogP contribution >= 0.6 is 11.6 Å². The molecule has 1 aliphatic rings. The zero-order valence-corrected chi connectivity index (χ0v) is 12.4. The number of hydrogen-bond acceptors (Lipinski definition) is 3. The summed E-state index contributed by atoms with van der Waals surface area (Å²) in [7, 11) is 1.91. The van der Waals surface area contributed by atoms with Gasteiger partial charge in [-0.05, 0) is 18.2 Å². The number of nitrogens with zero attached hydrogens (tertiary/aromatic N) is 2. The maximum Gasteiger partial charge on any atom is 0.124 e. The number of aryl methyl sites for hydroxylation is 1. The van der Waals surface area contributed by atoms with Crippen molar-refractivity contribution >= 4 is 11.6 Å². The first kappa shape index (κ1) is 13.5. The molecular weight excluding hydrogens is 274 g/mol. The van der Waals surface area contributed by atoms with Crippen LogP contribution in [0.3, 0.4) is 0 Å². The monoisotopic (exact) mass is 291 g/mol. The summed E-state index contributed by atoms with van der Waals surface area (Å²) in [6.07, 6.45) is 2.61. The predicted octanol–water partition coefficient (Wildman–Crippen LogP) is 2.73. The van der Waals surface area contributed by atoms with Crippen molar-refractivity contribution in [3.63, 3.8) is 0 Å². The number of ether oxygens (including phenoxy) is 1. The minimum Gasteiger partial charge on any atom is -0.488 e. The first-order chi connectivity index (χ1) is 9.70. The fraction of sp³-hybridized carbons (Fsp3) is 0.400. The number of benzene rings is 1. The summed E-state index contributed by atoms with van der Waals surface area (Å²) in [6, 6.07) is 8.21. The summed E-state index contributed by atoms with van der Waals surface area (Å²) in [5, 5.41) is 8.38. The number of fused-ring (bicyclic) bond motifs is 1. The minimum absolute atomic E-state index is 0.0346. The van der Waals surface area contributed by atoms with Gasteiger partial charge in [-0.15, -0.1) is 0 Å². The third kappa shape index (κ3) is 2.30. The summed E-state index contributed by atoms with van der Waals surface area (Å²) >= 11 is 6.29. The van der Waals surface area contributed by atoms with E-state index in [0.29, 0.717) is 5.02 Å². The predicted molar refractivity (Wildman–Crippen MR) is 79.2 cm³/mol. The molecule has 1 aliphatic heterocycles. The Balaban J connectivity index is 1.90. The molecule has 5 heteroatoms. The number of aromatic nitrogens is 2. The van der Waals surface area contributed by atoms with Gasteiger partial charge in [0, 0.05) is 13.5 Å². The molecule has 2 heterocycles. The van der Waals surface area contributed by atoms with E-state index in [-0.39, 0.29) is 12.1 Å². The topological polar surface area (TPSA) is 39.1 Å². The number of para-hydroxylation sites is 1. The maximum absolute atomic E-state index is 6.29. The van der Waals surface area contributed by atoms with Crippen molar-refractivity contribution in [3.05, 3.63) is 46.7 Å². The van der Waals surface area contributed by atoms with Gasteiger partial charge in [-0.2, -0.15) is 5.10 Å². The summed E-state index contributed by atoms with van der Waals surface area (Å²) < 4.78 is 7.91. The van der Waals surface area contributed by atoms with Gasteiger partial charge in [-0.3, -0.25) is 4.68 Å². The molecule has 2 unspecified atom stereocenters. The molecule has 0 spiro atoms. The molecule has 0 saturated heterocycles. The van der Waals surface area contributed by atoms with E-state index >= 15 is 0 Å². The van der Waals surface area contributed by atoms with Gasteiger partial charge in [-0.1, -0.05) is 36.7 Å². The van der Waals surface area contributed by atoms with Crippen molar-refractivity contribution in [1.82, 2.24) is 15.1 Å². The molecule has 1 N–H and O–H groups in total. The molecular formula is C15H18ClN3O. The van der Waals surface area contributed by atoms with Gasteiger partial charge in [0.1, 0.15) is 11.9 Å². The SMILES string of the molecule is CCNC(c1c(Cl)cnn1C)C1Cc2ccccc2O1. The summed E-state index contributed by atoms with van der Waals surface area (Å²) in [6.45, 7) is 2.93. The van der Waals surface area contributed by atoms with E-state index < -0.39 is 0 Å². The fourth-order valence-electron chi connectivity index (χ4n) is 2.79. The van der Waals surface area contributed by atoms with Crippen LogP contribution in [0.15, 0.2) is 30.5 Å². The van der Waals surface area contributed by atoms with Crippen molar-refractivity contribution < 1.29 is 4.74 Å². The van der Waals surface area contributed by atoms with Gasteiger partial charge in [0.2, 0.25) is 0 Å². The molecule has 0 amide bonds. The van der Waals surface area contributed by atoms with Crippen LogP contribution in [-0.4, -0.2) is 22.4 Å². The highest BCUT2D eigenvalue weighted by Crippen LogP contribution is 2.35. The minimum atomic E-state index is 0.0346. The Labute approximate surface area is 123 Å². The molecule has 4 nitrogen and oxygen atoms in total. The standard InChI is InChI=1S/C15H18ClN3O/c1-3-17-14(15-11(16)9-18-19(15)2)13-8-10-6-4-5-7-12(10)20-13/h4-7,9,13-14,17H,3,8H2,1-2H3. The van der Waals surface area contributed by atoms with Gasteiger partial charge in [-0.25, -0.2) is 0 Å². The highest BCUT2D eigenvalue weighted by molar-refractivity contribution is 6.31. The van der Waals surface area contributed by atoms with Crippen LogP contribution in [0.5, 0.6) is 5.75 Å². The molecule has 0 fully saturated rings. The lowest BCUT2D eigenvalue weighted by Crippen LogP contribution is -2.36. The van der Waals surface area contributed by atoms with Crippen LogP contribution in [0.1, 0.15) is 24.2 Å². The largest absolute Gasteiger partial charge is 0.488 e. The van der Waals surface area contributed by atoms with Gasteiger partial charge in [0.25, 0.3) is 0 Å². The summed E-state index contributed by atoms with van der Waals surface area (Å²) in [4.78, 5) is 0. The number of rotatable bonds is 4. The van der Waals surface area contributed by atoms with E-state index in [0.717, 1.165) is 24.4 Å².